The van der Waals surface area contributed by atoms with E-state index >= 15 is 0 Å². The van der Waals surface area contributed by atoms with Crippen molar-refractivity contribution in [1.82, 2.24) is 4.98 Å². The Labute approximate surface area is 140 Å². The van der Waals surface area contributed by atoms with Crippen LogP contribution in [0.25, 0.3) is 0 Å². The maximum absolute atomic E-state index is 12.1. The summed E-state index contributed by atoms with van der Waals surface area (Å²) in [6.07, 6.45) is 3.58. The Morgan fingerprint density at radius 2 is 2.18 bits per heavy atom. The molecule has 5 nitrogen and oxygen atoms in total. The topological polar surface area (TPSA) is 68.3 Å². The van der Waals surface area contributed by atoms with Gasteiger partial charge in [0.05, 0.1) is 22.4 Å². The van der Waals surface area contributed by atoms with Gasteiger partial charge in [-0.25, -0.2) is 9.78 Å². The van der Waals surface area contributed by atoms with E-state index in [1.165, 1.54) is 12.3 Å². The van der Waals surface area contributed by atoms with Gasteiger partial charge in [0.2, 0.25) is 5.91 Å². The second-order valence-corrected chi connectivity index (χ2v) is 6.42. The predicted octanol–water partition coefficient (Wildman–Crippen LogP) is 3.77. The monoisotopic (exact) mass is 344 g/mol. The standard InChI is InChI=1S/C15H21ClN2O3S/c1-4-6-9-22-10(3)14(19)18-13-12(16)11(7-8-17-13)15(20)21-5-2/h7-8,10H,4-6,9H2,1-3H3,(H,17,18,19). The Hall–Kier alpha value is -1.27. The molecule has 0 spiro atoms. The highest BCUT2D eigenvalue weighted by atomic mass is 35.5. The number of anilines is 1. The Morgan fingerprint density at radius 3 is 2.82 bits per heavy atom. The molecule has 0 saturated carbocycles. The van der Waals surface area contributed by atoms with Crippen molar-refractivity contribution in [3.05, 3.63) is 22.8 Å². The highest BCUT2D eigenvalue weighted by Gasteiger charge is 2.19. The highest BCUT2D eigenvalue weighted by molar-refractivity contribution is 8.00. The third-order valence-electron chi connectivity index (χ3n) is 2.86. The third kappa shape index (κ3) is 5.50. The first kappa shape index (κ1) is 18.8. The molecule has 1 N–H and O–H groups in total. The van der Waals surface area contributed by atoms with Gasteiger partial charge in [0.25, 0.3) is 0 Å². The van der Waals surface area contributed by atoms with Crippen molar-refractivity contribution in [2.45, 2.75) is 38.9 Å². The minimum Gasteiger partial charge on any atom is -0.462 e. The summed E-state index contributed by atoms with van der Waals surface area (Å²) in [5, 5.41) is 2.55. The van der Waals surface area contributed by atoms with Crippen LogP contribution in [0.1, 0.15) is 44.0 Å². The molecule has 1 aromatic heterocycles. The first-order valence-corrected chi connectivity index (χ1v) is 8.68. The van der Waals surface area contributed by atoms with Gasteiger partial charge < -0.3 is 10.1 Å². The van der Waals surface area contributed by atoms with E-state index in [1.807, 2.05) is 6.92 Å². The van der Waals surface area contributed by atoms with E-state index in [9.17, 15) is 9.59 Å². The smallest absolute Gasteiger partial charge is 0.339 e. The van der Waals surface area contributed by atoms with Gasteiger partial charge in [0, 0.05) is 6.20 Å². The van der Waals surface area contributed by atoms with Crippen molar-refractivity contribution in [2.24, 2.45) is 0 Å². The molecule has 0 bridgehead atoms. The first-order chi connectivity index (χ1) is 10.5. The molecule has 0 aromatic carbocycles. The van der Waals surface area contributed by atoms with Crippen molar-refractivity contribution in [2.75, 3.05) is 17.7 Å². The summed E-state index contributed by atoms with van der Waals surface area (Å²) >= 11 is 7.71. The summed E-state index contributed by atoms with van der Waals surface area (Å²) in [7, 11) is 0. The normalized spacial score (nSPS) is 11.8. The van der Waals surface area contributed by atoms with Gasteiger partial charge in [-0.3, -0.25) is 4.79 Å². The number of carbonyl (C=O) groups is 2. The number of hydrogen-bond acceptors (Lipinski definition) is 5. The number of pyridine rings is 1. The van der Waals surface area contributed by atoms with Gasteiger partial charge >= 0.3 is 5.97 Å². The Bertz CT molecular complexity index is 526. The summed E-state index contributed by atoms with van der Waals surface area (Å²) < 4.78 is 4.91. The molecule has 0 fully saturated rings. The molecule has 1 aromatic rings. The van der Waals surface area contributed by atoms with Crippen LogP contribution in [0.5, 0.6) is 0 Å². The molecule has 1 rings (SSSR count). The minimum absolute atomic E-state index is 0.0973. The molecule has 122 valence electrons. The van der Waals surface area contributed by atoms with Gasteiger partial charge in [0.15, 0.2) is 5.82 Å². The fourth-order valence-electron chi connectivity index (χ4n) is 1.60. The number of nitrogens with zero attached hydrogens (tertiary/aromatic N) is 1. The Balaban J connectivity index is 2.75. The summed E-state index contributed by atoms with van der Waals surface area (Å²) in [6.45, 7) is 5.91. The molecular formula is C15H21ClN2O3S. The van der Waals surface area contributed by atoms with Crippen LogP contribution in [0.3, 0.4) is 0 Å². The van der Waals surface area contributed by atoms with Crippen molar-refractivity contribution >= 4 is 41.1 Å². The average Bonchev–Trinajstić information content (AvgIpc) is 2.49. The van der Waals surface area contributed by atoms with Crippen molar-refractivity contribution in [3.8, 4) is 0 Å². The van der Waals surface area contributed by atoms with Crippen LogP contribution < -0.4 is 5.32 Å². The van der Waals surface area contributed by atoms with E-state index in [4.69, 9.17) is 16.3 Å². The lowest BCUT2D eigenvalue weighted by molar-refractivity contribution is -0.115. The lowest BCUT2D eigenvalue weighted by Crippen LogP contribution is -2.24. The summed E-state index contributed by atoms with van der Waals surface area (Å²) in [4.78, 5) is 27.9. The minimum atomic E-state index is -0.532. The Morgan fingerprint density at radius 1 is 1.45 bits per heavy atom. The van der Waals surface area contributed by atoms with Gasteiger partial charge in [-0.2, -0.15) is 0 Å². The molecule has 7 heteroatoms. The lowest BCUT2D eigenvalue weighted by Gasteiger charge is -2.13. The number of ether oxygens (including phenoxy) is 1. The molecule has 1 unspecified atom stereocenters. The molecule has 1 heterocycles. The number of hydrogen-bond donors (Lipinski definition) is 1. The number of halogens is 1. The number of esters is 1. The fourth-order valence-corrected chi connectivity index (χ4v) is 2.85. The number of amides is 1. The highest BCUT2D eigenvalue weighted by Crippen LogP contribution is 2.25. The number of carbonyl (C=O) groups excluding carboxylic acids is 2. The zero-order valence-corrected chi connectivity index (χ0v) is 14.6. The van der Waals surface area contributed by atoms with E-state index in [2.05, 4.69) is 17.2 Å². The van der Waals surface area contributed by atoms with E-state index in [1.54, 1.807) is 18.7 Å². The SMILES string of the molecule is CCCCSC(C)C(=O)Nc1nccc(C(=O)OCC)c1Cl. The third-order valence-corrected chi connectivity index (χ3v) is 4.48. The van der Waals surface area contributed by atoms with E-state index in [0.29, 0.717) is 0 Å². The number of unbranched alkanes of at least 4 members (excludes halogenated alkanes) is 1. The number of aromatic nitrogens is 1. The van der Waals surface area contributed by atoms with E-state index < -0.39 is 5.97 Å². The summed E-state index contributed by atoms with van der Waals surface area (Å²) in [5.74, 6) is 0.391. The first-order valence-electron chi connectivity index (χ1n) is 7.25. The molecule has 1 atom stereocenters. The van der Waals surface area contributed by atoms with Crippen molar-refractivity contribution in [3.63, 3.8) is 0 Å². The molecule has 0 aliphatic carbocycles. The maximum Gasteiger partial charge on any atom is 0.339 e. The summed E-state index contributed by atoms with van der Waals surface area (Å²) in [5.41, 5.74) is 0.195. The summed E-state index contributed by atoms with van der Waals surface area (Å²) in [6, 6.07) is 1.47. The zero-order chi connectivity index (χ0) is 16.5. The predicted molar refractivity (Wildman–Crippen MR) is 90.7 cm³/mol. The second kappa shape index (κ2) is 9.69. The Kier molecular flexibility index (Phi) is 8.27. The largest absolute Gasteiger partial charge is 0.462 e. The van der Waals surface area contributed by atoms with Crippen molar-refractivity contribution < 1.29 is 14.3 Å². The van der Waals surface area contributed by atoms with Gasteiger partial charge in [-0.05, 0) is 32.1 Å². The van der Waals surface area contributed by atoms with Crippen LogP contribution in [0.15, 0.2) is 12.3 Å². The molecule has 0 saturated heterocycles. The second-order valence-electron chi connectivity index (χ2n) is 4.60. The van der Waals surface area contributed by atoms with Crippen molar-refractivity contribution in [1.29, 1.82) is 0 Å². The van der Waals surface area contributed by atoms with Gasteiger partial charge in [0.1, 0.15) is 0 Å². The molecule has 22 heavy (non-hydrogen) atoms. The molecular weight excluding hydrogens is 324 g/mol. The van der Waals surface area contributed by atoms with Crippen LogP contribution in [0.4, 0.5) is 5.82 Å². The van der Waals surface area contributed by atoms with Gasteiger partial charge in [-0.15, -0.1) is 11.8 Å². The van der Waals surface area contributed by atoms with Crippen LogP contribution in [0.2, 0.25) is 5.02 Å². The number of thioether (sulfide) groups is 1. The molecule has 0 aliphatic rings. The van der Waals surface area contributed by atoms with Crippen LogP contribution in [-0.2, 0) is 9.53 Å². The number of nitrogens with one attached hydrogen (secondary N) is 1. The molecule has 1 amide bonds. The maximum atomic E-state index is 12.1. The van der Waals surface area contributed by atoms with Crippen LogP contribution in [-0.4, -0.2) is 34.5 Å². The zero-order valence-electron chi connectivity index (χ0n) is 13.0. The van der Waals surface area contributed by atoms with E-state index in [0.717, 1.165) is 18.6 Å². The van der Waals surface area contributed by atoms with Crippen LogP contribution >= 0.6 is 23.4 Å². The lowest BCUT2D eigenvalue weighted by atomic mass is 10.2. The fraction of sp³-hybridized carbons (Fsp3) is 0.533. The van der Waals surface area contributed by atoms with Gasteiger partial charge in [-0.1, -0.05) is 24.9 Å². The quantitative estimate of drug-likeness (QED) is 0.574. The van der Waals surface area contributed by atoms with Crippen LogP contribution in [0, 0.1) is 0 Å². The average molecular weight is 345 g/mol. The molecule has 0 radical (unpaired) electrons. The van der Waals surface area contributed by atoms with E-state index in [-0.39, 0.29) is 34.2 Å². The number of rotatable bonds is 8. The molecule has 0 aliphatic heterocycles.